The van der Waals surface area contributed by atoms with Gasteiger partial charge in [0.15, 0.2) is 0 Å². The predicted octanol–water partition coefficient (Wildman–Crippen LogP) is -1.09. The Bertz CT molecular complexity index is 259. The van der Waals surface area contributed by atoms with Gasteiger partial charge in [-0.2, -0.15) is 0 Å². The molecule has 6 nitrogen and oxygen atoms in total. The van der Waals surface area contributed by atoms with E-state index in [-0.39, 0.29) is 0 Å². The van der Waals surface area contributed by atoms with Gasteiger partial charge in [-0.3, -0.25) is 5.73 Å². The van der Waals surface area contributed by atoms with E-state index >= 15 is 0 Å². The van der Waals surface area contributed by atoms with Gasteiger partial charge in [-0.1, -0.05) is 0 Å². The van der Waals surface area contributed by atoms with Crippen molar-refractivity contribution in [2.24, 2.45) is 5.73 Å². The average Bonchev–Trinajstić information content (AvgIpc) is 2.17. The third-order valence-electron chi connectivity index (χ3n) is 1.67. The van der Waals surface area contributed by atoms with Crippen molar-refractivity contribution in [1.82, 2.24) is 0 Å². The van der Waals surface area contributed by atoms with E-state index in [9.17, 15) is 4.79 Å². The summed E-state index contributed by atoms with van der Waals surface area (Å²) in [7, 11) is 0. The van der Waals surface area contributed by atoms with Crippen LogP contribution in [0.5, 0.6) is 0 Å². The lowest BCUT2D eigenvalue weighted by Crippen LogP contribution is -2.51. The normalized spacial score (nSPS) is 32.1. The van der Waals surface area contributed by atoms with Crippen molar-refractivity contribution in [2.75, 3.05) is 0 Å². The second-order valence-corrected chi connectivity index (χ2v) is 2.56. The Morgan fingerprint density at radius 2 is 2.08 bits per heavy atom. The highest BCUT2D eigenvalue weighted by molar-refractivity contribution is 5.89. The number of aliphatic hydroxyl groups is 3. The number of carbonyl (C=O) groups is 1. The predicted molar refractivity (Wildman–Crippen MR) is 37.0 cm³/mol. The van der Waals surface area contributed by atoms with Crippen LogP contribution in [0.15, 0.2) is 11.5 Å². The molecule has 6 heteroatoms. The summed E-state index contributed by atoms with van der Waals surface area (Å²) in [5.74, 6) is -2.95. The molecule has 0 radical (unpaired) electrons. The second kappa shape index (κ2) is 2.36. The summed E-state index contributed by atoms with van der Waals surface area (Å²) in [4.78, 5) is 10.6. The zero-order valence-corrected chi connectivity index (χ0v) is 6.31. The summed E-state index contributed by atoms with van der Waals surface area (Å²) >= 11 is 0. The summed E-state index contributed by atoms with van der Waals surface area (Å²) in [5.41, 5.74) is 3.25. The van der Waals surface area contributed by atoms with Crippen LogP contribution in [0.2, 0.25) is 0 Å². The minimum Gasteiger partial charge on any atom is -0.504 e. The van der Waals surface area contributed by atoms with Crippen LogP contribution >= 0.6 is 0 Å². The fourth-order valence-electron chi connectivity index (χ4n) is 0.815. The molecule has 1 aliphatic rings. The number of hydrogen-bond donors (Lipinski definition) is 4. The maximum atomic E-state index is 10.6. The van der Waals surface area contributed by atoms with Gasteiger partial charge in [0.1, 0.15) is 6.10 Å². The summed E-state index contributed by atoms with van der Waals surface area (Å²) in [6.07, 6.45) is -1.30. The molecule has 68 valence electrons. The van der Waals surface area contributed by atoms with E-state index in [1.54, 1.807) is 0 Å². The van der Waals surface area contributed by atoms with Gasteiger partial charge in [0, 0.05) is 0 Å². The van der Waals surface area contributed by atoms with E-state index < -0.39 is 29.3 Å². The molecule has 0 bridgehead atoms. The Balaban J connectivity index is 3.08. The molecule has 0 aromatic heterocycles. The highest BCUT2D eigenvalue weighted by Gasteiger charge is 2.49. The number of carbonyl (C=O) groups excluding carboxylic acids is 1. The molecule has 5 N–H and O–H groups in total. The number of esters is 1. The van der Waals surface area contributed by atoms with Crippen molar-refractivity contribution >= 4 is 5.97 Å². The van der Waals surface area contributed by atoms with Crippen LogP contribution < -0.4 is 5.73 Å². The Morgan fingerprint density at radius 3 is 2.25 bits per heavy atom. The average molecular weight is 175 g/mol. The molecule has 0 aromatic rings. The molecule has 0 unspecified atom stereocenters. The molecule has 12 heavy (non-hydrogen) atoms. The van der Waals surface area contributed by atoms with E-state index in [1.165, 1.54) is 6.92 Å². The van der Waals surface area contributed by atoms with Gasteiger partial charge >= 0.3 is 5.97 Å². The van der Waals surface area contributed by atoms with E-state index in [2.05, 4.69) is 4.74 Å². The van der Waals surface area contributed by atoms with Gasteiger partial charge in [-0.25, -0.2) is 4.79 Å². The van der Waals surface area contributed by atoms with Gasteiger partial charge in [0.05, 0.1) is 0 Å². The summed E-state index contributed by atoms with van der Waals surface area (Å²) in [6, 6.07) is 0. The zero-order chi connectivity index (χ0) is 9.52. The van der Waals surface area contributed by atoms with Crippen LogP contribution in [-0.4, -0.2) is 33.1 Å². The van der Waals surface area contributed by atoms with Crippen molar-refractivity contribution in [3.63, 3.8) is 0 Å². The highest BCUT2D eigenvalue weighted by atomic mass is 16.6. The Hall–Kier alpha value is -1.27. The molecular formula is C6H9NO5. The smallest absolute Gasteiger partial charge is 0.379 e. The molecule has 0 spiro atoms. The number of cyclic esters (lactones) is 1. The van der Waals surface area contributed by atoms with E-state index in [0.29, 0.717) is 0 Å². The third kappa shape index (κ3) is 0.926. The standard InChI is InChI=1S/C6H9NO5/c1-2(8)6(7)4(10)3(9)5(11)12-6/h2,8-10H,7H2,1H3/t2-,6+/m0/s1. The third-order valence-corrected chi connectivity index (χ3v) is 1.67. The lowest BCUT2D eigenvalue weighted by Gasteiger charge is -2.24. The van der Waals surface area contributed by atoms with Crippen LogP contribution in [0.1, 0.15) is 6.92 Å². The van der Waals surface area contributed by atoms with E-state index in [1.807, 2.05) is 0 Å². The molecule has 0 aromatic carbocycles. The SMILES string of the molecule is C[C@H](O)[C@@]1(N)OC(=O)C(O)=C1O. The number of nitrogens with two attached hydrogens (primary N) is 1. The molecule has 1 rings (SSSR count). The van der Waals surface area contributed by atoms with Gasteiger partial charge in [-0.05, 0) is 6.92 Å². The van der Waals surface area contributed by atoms with Crippen molar-refractivity contribution in [2.45, 2.75) is 18.8 Å². The lowest BCUT2D eigenvalue weighted by molar-refractivity contribution is -0.158. The topological polar surface area (TPSA) is 113 Å². The first-order valence-corrected chi connectivity index (χ1v) is 3.22. The summed E-state index contributed by atoms with van der Waals surface area (Å²) in [5, 5.41) is 26.9. The van der Waals surface area contributed by atoms with Crippen LogP contribution in [0, 0.1) is 0 Å². The Kier molecular flexibility index (Phi) is 1.73. The minimum absolute atomic E-state index is 0.845. The monoisotopic (exact) mass is 175 g/mol. The van der Waals surface area contributed by atoms with E-state index in [0.717, 1.165) is 0 Å². The summed E-state index contributed by atoms with van der Waals surface area (Å²) < 4.78 is 4.35. The molecule has 2 atom stereocenters. The van der Waals surface area contributed by atoms with Crippen LogP contribution in [0.4, 0.5) is 0 Å². The van der Waals surface area contributed by atoms with Crippen LogP contribution in [0.3, 0.4) is 0 Å². The maximum Gasteiger partial charge on any atom is 0.379 e. The fourth-order valence-corrected chi connectivity index (χ4v) is 0.815. The van der Waals surface area contributed by atoms with E-state index in [4.69, 9.17) is 21.1 Å². The first-order valence-electron chi connectivity index (χ1n) is 3.22. The van der Waals surface area contributed by atoms with Gasteiger partial charge in [0.25, 0.3) is 0 Å². The van der Waals surface area contributed by atoms with Crippen molar-refractivity contribution in [3.8, 4) is 0 Å². The first-order chi connectivity index (χ1) is 5.39. The first kappa shape index (κ1) is 8.82. The number of ether oxygens (including phenoxy) is 1. The number of aliphatic hydroxyl groups excluding tert-OH is 3. The van der Waals surface area contributed by atoms with Gasteiger partial charge in [0.2, 0.25) is 17.2 Å². The second-order valence-electron chi connectivity index (χ2n) is 2.56. The van der Waals surface area contributed by atoms with Crippen molar-refractivity contribution in [3.05, 3.63) is 11.5 Å². The number of hydrogen-bond acceptors (Lipinski definition) is 6. The summed E-state index contributed by atoms with van der Waals surface area (Å²) in [6.45, 7) is 1.22. The van der Waals surface area contributed by atoms with Gasteiger partial charge < -0.3 is 20.1 Å². The molecule has 0 aliphatic carbocycles. The quantitative estimate of drug-likeness (QED) is 0.376. The molecule has 0 fully saturated rings. The molecule has 0 amide bonds. The molecular weight excluding hydrogens is 166 g/mol. The Morgan fingerprint density at radius 1 is 1.58 bits per heavy atom. The van der Waals surface area contributed by atoms with Crippen LogP contribution in [-0.2, 0) is 9.53 Å². The van der Waals surface area contributed by atoms with Crippen LogP contribution in [0.25, 0.3) is 0 Å². The minimum atomic E-state index is -2.01. The largest absolute Gasteiger partial charge is 0.504 e. The zero-order valence-electron chi connectivity index (χ0n) is 6.31. The number of rotatable bonds is 1. The van der Waals surface area contributed by atoms with Crippen molar-refractivity contribution in [1.29, 1.82) is 0 Å². The van der Waals surface area contributed by atoms with Gasteiger partial charge in [-0.15, -0.1) is 0 Å². The van der Waals surface area contributed by atoms with Crippen molar-refractivity contribution < 1.29 is 24.9 Å². The Labute approximate surface area is 67.9 Å². The molecule has 0 saturated carbocycles. The molecule has 1 heterocycles. The highest BCUT2D eigenvalue weighted by Crippen LogP contribution is 2.27. The maximum absolute atomic E-state index is 10.6. The fraction of sp³-hybridized carbons (Fsp3) is 0.500. The molecule has 1 aliphatic heterocycles. The molecule has 0 saturated heterocycles. The lowest BCUT2D eigenvalue weighted by atomic mass is 10.1.